The normalized spacial score (nSPS) is 11.0. The monoisotopic (exact) mass is 311 g/mol. The Labute approximate surface area is 124 Å². The quantitative estimate of drug-likeness (QED) is 0.381. The molecule has 0 spiro atoms. The van der Waals surface area contributed by atoms with E-state index >= 15 is 0 Å². The summed E-state index contributed by atoms with van der Waals surface area (Å²) < 4.78 is 26.9. The molecular weight excluding hydrogens is 278 g/mol. The van der Waals surface area contributed by atoms with Crippen LogP contribution in [-0.4, -0.2) is 43.5 Å². The van der Waals surface area contributed by atoms with Gasteiger partial charge in [-0.15, -0.1) is 0 Å². The Balaban J connectivity index is 0. The van der Waals surface area contributed by atoms with Crippen molar-refractivity contribution in [2.45, 2.75) is 65.2 Å². The van der Waals surface area contributed by atoms with Crippen molar-refractivity contribution in [1.29, 1.82) is 0 Å². The smallest absolute Gasteiger partial charge is 0.264 e. The third-order valence-corrected chi connectivity index (χ3v) is 3.59. The molecule has 0 aliphatic heterocycles. The van der Waals surface area contributed by atoms with Crippen LogP contribution in [0.3, 0.4) is 0 Å². The van der Waals surface area contributed by atoms with E-state index in [0.717, 1.165) is 13.1 Å². The second kappa shape index (κ2) is 16.9. The van der Waals surface area contributed by atoms with Gasteiger partial charge >= 0.3 is 0 Å². The molecule has 20 heavy (non-hydrogen) atoms. The minimum absolute atomic E-state index is 0.201. The molecule has 3 N–H and O–H groups in total. The standard InChI is InChI=1S/C12H27NO.C2H6O3S/c1-2-3-4-5-6-7-8-9-10-13-11-12-14;1-2-6(3,4)5/h13-14H,2-12H2,1H3;2H2,1H3,(H,3,4,5). The lowest BCUT2D eigenvalue weighted by atomic mass is 10.1. The second-order valence-corrected chi connectivity index (χ2v) is 6.56. The Kier molecular flexibility index (Phi) is 18.7. The molecule has 124 valence electrons. The fraction of sp³-hybridized carbons (Fsp3) is 1.00. The fourth-order valence-electron chi connectivity index (χ4n) is 1.59. The average molecular weight is 311 g/mol. The predicted octanol–water partition coefficient (Wildman–Crippen LogP) is 2.60. The summed E-state index contributed by atoms with van der Waals surface area (Å²) in [5, 5.41) is 11.7. The molecule has 0 aromatic heterocycles. The Hall–Kier alpha value is -0.170. The van der Waals surface area contributed by atoms with Crippen LogP contribution in [-0.2, 0) is 10.1 Å². The van der Waals surface area contributed by atoms with Gasteiger partial charge in [-0.05, 0) is 19.9 Å². The van der Waals surface area contributed by atoms with Crippen LogP contribution in [0.5, 0.6) is 0 Å². The van der Waals surface area contributed by atoms with Gasteiger partial charge in [0, 0.05) is 6.54 Å². The predicted molar refractivity (Wildman–Crippen MR) is 84.7 cm³/mol. The van der Waals surface area contributed by atoms with Crippen molar-refractivity contribution < 1.29 is 18.1 Å². The van der Waals surface area contributed by atoms with Crippen molar-refractivity contribution in [3.63, 3.8) is 0 Å². The summed E-state index contributed by atoms with van der Waals surface area (Å²) >= 11 is 0. The molecule has 0 unspecified atom stereocenters. The summed E-state index contributed by atoms with van der Waals surface area (Å²) in [6.45, 7) is 5.70. The molecule has 0 rings (SSSR count). The number of hydrogen-bond donors (Lipinski definition) is 3. The fourth-order valence-corrected chi connectivity index (χ4v) is 1.59. The van der Waals surface area contributed by atoms with Crippen molar-refractivity contribution in [2.75, 3.05) is 25.4 Å². The van der Waals surface area contributed by atoms with Gasteiger partial charge in [0.1, 0.15) is 0 Å². The molecule has 0 bridgehead atoms. The van der Waals surface area contributed by atoms with Crippen LogP contribution in [0.1, 0.15) is 65.2 Å². The van der Waals surface area contributed by atoms with E-state index in [4.69, 9.17) is 9.66 Å². The molecule has 0 aliphatic rings. The average Bonchev–Trinajstić information content (AvgIpc) is 2.41. The largest absolute Gasteiger partial charge is 0.395 e. The van der Waals surface area contributed by atoms with E-state index in [1.807, 2.05) is 0 Å². The minimum atomic E-state index is -3.66. The summed E-state index contributed by atoms with van der Waals surface area (Å²) in [6, 6.07) is 0. The van der Waals surface area contributed by atoms with Gasteiger partial charge in [-0.2, -0.15) is 8.42 Å². The number of aliphatic hydroxyl groups is 1. The first-order chi connectivity index (χ1) is 9.47. The van der Waals surface area contributed by atoms with Gasteiger partial charge in [0.25, 0.3) is 10.1 Å². The lowest BCUT2D eigenvalue weighted by Gasteiger charge is -2.02. The number of rotatable bonds is 12. The minimum Gasteiger partial charge on any atom is -0.395 e. The SMILES string of the molecule is CCCCCCCCCCNCCO.CCS(=O)(=O)O. The number of nitrogens with one attached hydrogen (secondary N) is 1. The van der Waals surface area contributed by atoms with Crippen molar-refractivity contribution in [2.24, 2.45) is 0 Å². The van der Waals surface area contributed by atoms with Crippen LogP contribution in [0.4, 0.5) is 0 Å². The summed E-state index contributed by atoms with van der Waals surface area (Å²) in [4.78, 5) is 0. The van der Waals surface area contributed by atoms with Gasteiger partial charge in [0.05, 0.1) is 12.4 Å². The Morgan fingerprint density at radius 2 is 1.30 bits per heavy atom. The lowest BCUT2D eigenvalue weighted by Crippen LogP contribution is -2.19. The van der Waals surface area contributed by atoms with E-state index in [2.05, 4.69) is 12.2 Å². The molecule has 0 amide bonds. The maximum atomic E-state index is 9.56. The zero-order valence-corrected chi connectivity index (χ0v) is 13.9. The molecule has 6 heteroatoms. The highest BCUT2D eigenvalue weighted by atomic mass is 32.2. The zero-order chi connectivity index (χ0) is 15.7. The van der Waals surface area contributed by atoms with Crippen LogP contribution >= 0.6 is 0 Å². The topological polar surface area (TPSA) is 86.6 Å². The molecule has 0 aliphatic carbocycles. The Bertz CT molecular complexity index is 256. The van der Waals surface area contributed by atoms with Gasteiger partial charge in [-0.1, -0.05) is 51.9 Å². The summed E-state index contributed by atoms with van der Waals surface area (Å²) in [7, 11) is -3.66. The van der Waals surface area contributed by atoms with Gasteiger partial charge in [0.15, 0.2) is 0 Å². The van der Waals surface area contributed by atoms with E-state index in [0.29, 0.717) is 0 Å². The lowest BCUT2D eigenvalue weighted by molar-refractivity contribution is 0.292. The van der Waals surface area contributed by atoms with E-state index < -0.39 is 10.1 Å². The highest BCUT2D eigenvalue weighted by molar-refractivity contribution is 7.85. The molecule has 0 saturated carbocycles. The maximum Gasteiger partial charge on any atom is 0.264 e. The second-order valence-electron chi connectivity index (χ2n) is 4.82. The first-order valence-electron chi connectivity index (χ1n) is 7.74. The molecule has 5 nitrogen and oxygen atoms in total. The maximum absolute atomic E-state index is 9.56. The van der Waals surface area contributed by atoms with Crippen molar-refractivity contribution in [1.82, 2.24) is 5.32 Å². The van der Waals surface area contributed by atoms with Crippen molar-refractivity contribution >= 4 is 10.1 Å². The molecular formula is C14H33NO4S. The summed E-state index contributed by atoms with van der Waals surface area (Å²) in [6.07, 6.45) is 10.9. The molecule has 0 heterocycles. The van der Waals surface area contributed by atoms with Crippen LogP contribution in [0, 0.1) is 0 Å². The van der Waals surface area contributed by atoms with Gasteiger partial charge in [0.2, 0.25) is 0 Å². The van der Waals surface area contributed by atoms with Crippen molar-refractivity contribution in [3.8, 4) is 0 Å². The number of unbranched alkanes of at least 4 members (excludes halogenated alkanes) is 7. The van der Waals surface area contributed by atoms with E-state index in [1.165, 1.54) is 58.3 Å². The third-order valence-electron chi connectivity index (χ3n) is 2.86. The number of hydrogen-bond acceptors (Lipinski definition) is 4. The molecule has 0 atom stereocenters. The van der Waals surface area contributed by atoms with E-state index in [9.17, 15) is 8.42 Å². The highest BCUT2D eigenvalue weighted by Gasteiger charge is 1.93. The zero-order valence-electron chi connectivity index (χ0n) is 13.1. The van der Waals surface area contributed by atoms with Gasteiger partial charge in [-0.25, -0.2) is 0 Å². The highest BCUT2D eigenvalue weighted by Crippen LogP contribution is 2.07. The Morgan fingerprint density at radius 1 is 0.850 bits per heavy atom. The Morgan fingerprint density at radius 3 is 1.70 bits per heavy atom. The van der Waals surface area contributed by atoms with Crippen LogP contribution in [0.15, 0.2) is 0 Å². The molecule has 0 saturated heterocycles. The van der Waals surface area contributed by atoms with Gasteiger partial charge in [-0.3, -0.25) is 4.55 Å². The first kappa shape index (κ1) is 22.1. The van der Waals surface area contributed by atoms with Crippen molar-refractivity contribution in [3.05, 3.63) is 0 Å². The molecule has 0 aromatic carbocycles. The molecule has 0 radical (unpaired) electrons. The van der Waals surface area contributed by atoms with E-state index in [1.54, 1.807) is 0 Å². The molecule has 0 aromatic rings. The first-order valence-corrected chi connectivity index (χ1v) is 9.35. The number of aliphatic hydroxyl groups excluding tert-OH is 1. The van der Waals surface area contributed by atoms with Gasteiger partial charge < -0.3 is 10.4 Å². The summed E-state index contributed by atoms with van der Waals surface area (Å²) in [5.74, 6) is -0.201. The van der Waals surface area contributed by atoms with E-state index in [-0.39, 0.29) is 12.4 Å². The third kappa shape index (κ3) is 26.4. The van der Waals surface area contributed by atoms with Crippen LogP contribution in [0.25, 0.3) is 0 Å². The van der Waals surface area contributed by atoms with Crippen LogP contribution in [0.2, 0.25) is 0 Å². The molecule has 0 fully saturated rings. The summed E-state index contributed by atoms with van der Waals surface area (Å²) in [5.41, 5.74) is 0. The van der Waals surface area contributed by atoms with Crippen LogP contribution < -0.4 is 5.32 Å².